The Morgan fingerprint density at radius 2 is 2.00 bits per heavy atom. The summed E-state index contributed by atoms with van der Waals surface area (Å²) >= 11 is 0. The van der Waals surface area contributed by atoms with Crippen molar-refractivity contribution in [3.05, 3.63) is 41.5 Å². The Morgan fingerprint density at radius 1 is 1.28 bits per heavy atom. The van der Waals surface area contributed by atoms with Crippen LogP contribution < -0.4 is 4.74 Å². The highest BCUT2D eigenvalue weighted by atomic mass is 16.5. The molecule has 0 saturated carbocycles. The minimum absolute atomic E-state index is 0.504. The molecular formula is C15H18O3. The third-order valence-corrected chi connectivity index (χ3v) is 3.39. The summed E-state index contributed by atoms with van der Waals surface area (Å²) in [5.74, 6) is -0.523. The molecule has 0 bridgehead atoms. The number of benzene rings is 1. The zero-order valence-corrected chi connectivity index (χ0v) is 10.6. The zero-order valence-electron chi connectivity index (χ0n) is 10.6. The Balaban J connectivity index is 2.28. The van der Waals surface area contributed by atoms with Gasteiger partial charge in [0.05, 0.1) is 7.11 Å². The normalized spacial score (nSPS) is 16.8. The molecule has 0 spiro atoms. The highest BCUT2D eigenvalue weighted by molar-refractivity contribution is 5.80. The molecule has 0 fully saturated rings. The maximum absolute atomic E-state index is 11.5. The largest absolute Gasteiger partial charge is 0.497 e. The summed E-state index contributed by atoms with van der Waals surface area (Å²) in [6.45, 7) is 0. The molecule has 1 aromatic rings. The van der Waals surface area contributed by atoms with Crippen LogP contribution >= 0.6 is 0 Å². The fraction of sp³-hybridized carbons (Fsp3) is 0.400. The second kappa shape index (κ2) is 5.71. The van der Waals surface area contributed by atoms with E-state index in [4.69, 9.17) is 4.74 Å². The van der Waals surface area contributed by atoms with Crippen molar-refractivity contribution in [2.45, 2.75) is 31.6 Å². The first-order valence-electron chi connectivity index (χ1n) is 6.28. The SMILES string of the molecule is COc1ccc([C@@H](C(=O)O)C2=CCCCC2)cc1. The minimum atomic E-state index is -0.770. The molecule has 2 rings (SSSR count). The summed E-state index contributed by atoms with van der Waals surface area (Å²) in [6, 6.07) is 7.31. The van der Waals surface area contributed by atoms with Crippen LogP contribution in [0.3, 0.4) is 0 Å². The second-order valence-electron chi connectivity index (χ2n) is 4.57. The lowest BCUT2D eigenvalue weighted by Gasteiger charge is -2.20. The van der Waals surface area contributed by atoms with E-state index in [0.717, 1.165) is 36.1 Å². The topological polar surface area (TPSA) is 46.5 Å². The molecule has 0 saturated heterocycles. The van der Waals surface area contributed by atoms with E-state index in [0.29, 0.717) is 0 Å². The molecule has 0 unspecified atom stereocenters. The van der Waals surface area contributed by atoms with Crippen molar-refractivity contribution in [2.24, 2.45) is 0 Å². The fourth-order valence-electron chi connectivity index (χ4n) is 2.44. The van der Waals surface area contributed by atoms with Crippen molar-refractivity contribution >= 4 is 5.97 Å². The lowest BCUT2D eigenvalue weighted by atomic mass is 9.84. The van der Waals surface area contributed by atoms with Gasteiger partial charge >= 0.3 is 5.97 Å². The van der Waals surface area contributed by atoms with E-state index in [-0.39, 0.29) is 0 Å². The van der Waals surface area contributed by atoms with Gasteiger partial charge in [-0.3, -0.25) is 4.79 Å². The number of carboxylic acid groups (broad SMARTS) is 1. The number of allylic oxidation sites excluding steroid dienone is 1. The van der Waals surface area contributed by atoms with Gasteiger partial charge in [0.15, 0.2) is 0 Å². The predicted molar refractivity (Wildman–Crippen MR) is 69.9 cm³/mol. The number of carboxylic acids is 1. The van der Waals surface area contributed by atoms with Crippen LogP contribution in [0.25, 0.3) is 0 Å². The number of methoxy groups -OCH3 is 1. The van der Waals surface area contributed by atoms with Crippen molar-refractivity contribution in [2.75, 3.05) is 7.11 Å². The summed E-state index contributed by atoms with van der Waals surface area (Å²) in [7, 11) is 1.60. The van der Waals surface area contributed by atoms with Gasteiger partial charge in [0, 0.05) is 0 Å². The van der Waals surface area contributed by atoms with Gasteiger partial charge in [-0.05, 0) is 43.4 Å². The van der Waals surface area contributed by atoms with E-state index in [2.05, 4.69) is 6.08 Å². The number of carbonyl (C=O) groups is 1. The average molecular weight is 246 g/mol. The number of hydrogen-bond acceptors (Lipinski definition) is 2. The summed E-state index contributed by atoms with van der Waals surface area (Å²) < 4.78 is 5.09. The molecule has 1 aliphatic carbocycles. The first-order valence-corrected chi connectivity index (χ1v) is 6.28. The van der Waals surface area contributed by atoms with Crippen LogP contribution in [0.15, 0.2) is 35.9 Å². The second-order valence-corrected chi connectivity index (χ2v) is 4.57. The molecular weight excluding hydrogens is 228 g/mol. The molecule has 0 amide bonds. The first-order chi connectivity index (χ1) is 8.72. The van der Waals surface area contributed by atoms with Gasteiger partial charge < -0.3 is 9.84 Å². The lowest BCUT2D eigenvalue weighted by molar-refractivity contribution is -0.137. The third-order valence-electron chi connectivity index (χ3n) is 3.39. The van der Waals surface area contributed by atoms with Gasteiger partial charge in [-0.15, -0.1) is 0 Å². The van der Waals surface area contributed by atoms with Crippen LogP contribution in [0.4, 0.5) is 0 Å². The van der Waals surface area contributed by atoms with Gasteiger partial charge in [-0.2, -0.15) is 0 Å². The van der Waals surface area contributed by atoms with E-state index < -0.39 is 11.9 Å². The van der Waals surface area contributed by atoms with E-state index >= 15 is 0 Å². The highest BCUT2D eigenvalue weighted by Crippen LogP contribution is 2.32. The Labute approximate surface area is 107 Å². The van der Waals surface area contributed by atoms with Gasteiger partial charge in [0.25, 0.3) is 0 Å². The van der Waals surface area contributed by atoms with Crippen molar-refractivity contribution in [3.63, 3.8) is 0 Å². The van der Waals surface area contributed by atoms with Crippen molar-refractivity contribution < 1.29 is 14.6 Å². The van der Waals surface area contributed by atoms with Gasteiger partial charge in [-0.25, -0.2) is 0 Å². The quantitative estimate of drug-likeness (QED) is 0.828. The molecule has 0 radical (unpaired) electrons. The lowest BCUT2D eigenvalue weighted by Crippen LogP contribution is -2.15. The zero-order chi connectivity index (χ0) is 13.0. The third kappa shape index (κ3) is 2.73. The van der Waals surface area contributed by atoms with Crippen molar-refractivity contribution in [3.8, 4) is 5.75 Å². The van der Waals surface area contributed by atoms with Gasteiger partial charge in [0.2, 0.25) is 0 Å². The summed E-state index contributed by atoms with van der Waals surface area (Å²) in [5.41, 5.74) is 1.87. The molecule has 96 valence electrons. The summed E-state index contributed by atoms with van der Waals surface area (Å²) in [6.07, 6.45) is 6.23. The molecule has 0 heterocycles. The van der Waals surface area contributed by atoms with Crippen molar-refractivity contribution in [1.29, 1.82) is 0 Å². The van der Waals surface area contributed by atoms with Crippen molar-refractivity contribution in [1.82, 2.24) is 0 Å². The molecule has 1 aromatic carbocycles. The average Bonchev–Trinajstić information content (AvgIpc) is 2.40. The molecule has 1 atom stereocenters. The maximum atomic E-state index is 11.5. The first kappa shape index (κ1) is 12.7. The van der Waals surface area contributed by atoms with Crippen LogP contribution in [0.5, 0.6) is 5.75 Å². The standard InChI is InChI=1S/C15H18O3/c1-18-13-9-7-12(8-10-13)14(15(16)17)11-5-3-2-4-6-11/h5,7-10,14H,2-4,6H2,1H3,(H,16,17)/t14-/m0/s1. The number of rotatable bonds is 4. The Hall–Kier alpha value is -1.77. The fourth-order valence-corrected chi connectivity index (χ4v) is 2.44. The number of aliphatic carboxylic acids is 1. The van der Waals surface area contributed by atoms with Crippen LogP contribution in [-0.2, 0) is 4.79 Å². The van der Waals surface area contributed by atoms with Crippen LogP contribution in [-0.4, -0.2) is 18.2 Å². The van der Waals surface area contributed by atoms with E-state index in [9.17, 15) is 9.90 Å². The maximum Gasteiger partial charge on any atom is 0.315 e. The highest BCUT2D eigenvalue weighted by Gasteiger charge is 2.25. The number of ether oxygens (including phenoxy) is 1. The van der Waals surface area contributed by atoms with Gasteiger partial charge in [-0.1, -0.05) is 23.8 Å². The smallest absolute Gasteiger partial charge is 0.315 e. The van der Waals surface area contributed by atoms with Gasteiger partial charge in [0.1, 0.15) is 11.7 Å². The molecule has 1 aliphatic rings. The summed E-state index contributed by atoms with van der Waals surface area (Å²) in [5, 5.41) is 9.43. The Bertz CT molecular complexity index is 445. The monoisotopic (exact) mass is 246 g/mol. The van der Waals surface area contributed by atoms with Crippen LogP contribution in [0, 0.1) is 0 Å². The van der Waals surface area contributed by atoms with E-state index in [1.54, 1.807) is 7.11 Å². The Morgan fingerprint density at radius 3 is 2.50 bits per heavy atom. The summed E-state index contributed by atoms with van der Waals surface area (Å²) in [4.78, 5) is 11.5. The predicted octanol–water partition coefficient (Wildman–Crippen LogP) is 3.36. The van der Waals surface area contributed by atoms with E-state index in [1.807, 2.05) is 24.3 Å². The molecule has 1 N–H and O–H groups in total. The molecule has 3 nitrogen and oxygen atoms in total. The molecule has 18 heavy (non-hydrogen) atoms. The molecule has 0 aromatic heterocycles. The minimum Gasteiger partial charge on any atom is -0.497 e. The molecule has 3 heteroatoms. The number of hydrogen-bond donors (Lipinski definition) is 1. The Kier molecular flexibility index (Phi) is 4.03. The molecule has 0 aliphatic heterocycles. The van der Waals surface area contributed by atoms with E-state index in [1.165, 1.54) is 6.42 Å². The van der Waals surface area contributed by atoms with Crippen LogP contribution in [0.1, 0.15) is 37.2 Å². The van der Waals surface area contributed by atoms with Crippen LogP contribution in [0.2, 0.25) is 0 Å².